The average Bonchev–Trinajstić information content (AvgIpc) is 3.62. The van der Waals surface area contributed by atoms with Gasteiger partial charge in [0, 0.05) is 29.6 Å². The number of esters is 1. The van der Waals surface area contributed by atoms with Crippen molar-refractivity contribution in [1.29, 1.82) is 0 Å². The van der Waals surface area contributed by atoms with Crippen molar-refractivity contribution in [1.82, 2.24) is 4.90 Å². The van der Waals surface area contributed by atoms with E-state index in [0.717, 1.165) is 44.1 Å². The molecule has 0 spiro atoms. The molecule has 3 fully saturated rings. The smallest absolute Gasteiger partial charge is 0.374 e. The van der Waals surface area contributed by atoms with Crippen LogP contribution in [0.2, 0.25) is 0 Å². The van der Waals surface area contributed by atoms with Crippen LogP contribution >= 0.6 is 0 Å². The lowest BCUT2D eigenvalue weighted by molar-refractivity contribution is -0.140. The van der Waals surface area contributed by atoms with Gasteiger partial charge >= 0.3 is 5.97 Å². The number of nitrogens with one attached hydrogen (secondary N) is 1. The highest BCUT2D eigenvalue weighted by Crippen LogP contribution is 2.38. The second-order valence-corrected chi connectivity index (χ2v) is 11.4. The molecular weight excluding hydrogens is 513 g/mol. The molecule has 1 aromatic heterocycles. The lowest BCUT2D eigenvalue weighted by Gasteiger charge is -2.34. The van der Waals surface area contributed by atoms with Crippen molar-refractivity contribution in [3.05, 3.63) is 41.2 Å². The summed E-state index contributed by atoms with van der Waals surface area (Å²) in [5.41, 5.74) is 9.44. The van der Waals surface area contributed by atoms with Gasteiger partial charge in [-0.25, -0.2) is 9.18 Å². The van der Waals surface area contributed by atoms with Crippen molar-refractivity contribution in [2.75, 3.05) is 25.1 Å². The van der Waals surface area contributed by atoms with Gasteiger partial charge in [0.25, 0.3) is 5.91 Å². The number of benzene rings is 1. The molecule has 0 bridgehead atoms. The van der Waals surface area contributed by atoms with Gasteiger partial charge in [-0.15, -0.1) is 0 Å². The van der Waals surface area contributed by atoms with E-state index in [-0.39, 0.29) is 36.0 Å². The minimum atomic E-state index is -0.637. The monoisotopic (exact) mass is 553 g/mol. The molecule has 9 heteroatoms. The lowest BCUT2D eigenvalue weighted by Crippen LogP contribution is -2.47. The fourth-order valence-corrected chi connectivity index (χ4v) is 6.69. The number of likely N-dealkylation sites (tertiary alicyclic amines) is 1. The summed E-state index contributed by atoms with van der Waals surface area (Å²) in [5.74, 6) is -0.691. The van der Waals surface area contributed by atoms with E-state index in [9.17, 15) is 18.8 Å². The third-order valence-corrected chi connectivity index (χ3v) is 8.87. The summed E-state index contributed by atoms with van der Waals surface area (Å²) in [6, 6.07) is 5.72. The van der Waals surface area contributed by atoms with Crippen LogP contribution in [0.5, 0.6) is 0 Å². The lowest BCUT2D eigenvalue weighted by atomic mass is 9.78. The van der Waals surface area contributed by atoms with Crippen LogP contribution in [0.15, 0.2) is 39.8 Å². The maximum absolute atomic E-state index is 13.9. The molecule has 5 rings (SSSR count). The Morgan fingerprint density at radius 1 is 1.10 bits per heavy atom. The number of anilines is 1. The molecule has 2 aliphatic carbocycles. The molecule has 2 heterocycles. The molecule has 3 aliphatic rings. The van der Waals surface area contributed by atoms with E-state index in [2.05, 4.69) is 5.32 Å². The van der Waals surface area contributed by atoms with E-state index in [1.807, 2.05) is 0 Å². The van der Waals surface area contributed by atoms with Crippen molar-refractivity contribution in [2.45, 2.75) is 83.2 Å². The number of carbonyl (C=O) groups excluding carboxylic acids is 3. The van der Waals surface area contributed by atoms with Crippen molar-refractivity contribution < 1.29 is 27.9 Å². The van der Waals surface area contributed by atoms with E-state index < -0.39 is 24.7 Å². The van der Waals surface area contributed by atoms with Crippen molar-refractivity contribution in [3.8, 4) is 0 Å². The number of carbonyl (C=O) groups is 3. The van der Waals surface area contributed by atoms with Crippen LogP contribution in [0.25, 0.3) is 11.0 Å². The predicted molar refractivity (Wildman–Crippen MR) is 150 cm³/mol. The fourth-order valence-electron chi connectivity index (χ4n) is 6.69. The molecule has 1 aromatic carbocycles. The summed E-state index contributed by atoms with van der Waals surface area (Å²) < 4.78 is 23.7. The zero-order chi connectivity index (χ0) is 28.2. The third-order valence-electron chi connectivity index (χ3n) is 8.87. The maximum atomic E-state index is 13.9. The largest absolute Gasteiger partial charge is 0.460 e. The van der Waals surface area contributed by atoms with Gasteiger partial charge in [0.1, 0.15) is 18.3 Å². The van der Waals surface area contributed by atoms with Gasteiger partial charge in [0.15, 0.2) is 0 Å². The Bertz CT molecular complexity index is 1270. The van der Waals surface area contributed by atoms with Gasteiger partial charge in [0.05, 0.1) is 6.61 Å². The number of hydrogen-bond acceptors (Lipinski definition) is 6. The highest BCUT2D eigenvalue weighted by molar-refractivity contribution is 6.02. The number of nitrogens with zero attached hydrogens (tertiary/aromatic N) is 1. The van der Waals surface area contributed by atoms with Gasteiger partial charge in [-0.05, 0) is 100 Å². The van der Waals surface area contributed by atoms with E-state index >= 15 is 0 Å². The number of halogens is 1. The molecule has 1 aliphatic heterocycles. The van der Waals surface area contributed by atoms with Gasteiger partial charge < -0.3 is 25.1 Å². The Morgan fingerprint density at radius 2 is 1.85 bits per heavy atom. The quantitative estimate of drug-likeness (QED) is 0.345. The summed E-state index contributed by atoms with van der Waals surface area (Å²) >= 11 is 0. The first-order valence-electron chi connectivity index (χ1n) is 14.7. The van der Waals surface area contributed by atoms with Crippen LogP contribution in [-0.2, 0) is 14.3 Å². The van der Waals surface area contributed by atoms with Gasteiger partial charge in [0.2, 0.25) is 11.7 Å². The highest BCUT2D eigenvalue weighted by atomic mass is 19.1. The van der Waals surface area contributed by atoms with Gasteiger partial charge in [-0.1, -0.05) is 12.0 Å². The van der Waals surface area contributed by atoms with Crippen molar-refractivity contribution in [2.24, 2.45) is 17.6 Å². The molecule has 40 heavy (non-hydrogen) atoms. The molecule has 2 aromatic rings. The summed E-state index contributed by atoms with van der Waals surface area (Å²) in [6.07, 6.45) is 8.90. The first-order valence-corrected chi connectivity index (χ1v) is 14.7. The Hall–Kier alpha value is -3.20. The summed E-state index contributed by atoms with van der Waals surface area (Å²) in [6.45, 7) is 1.97. The van der Waals surface area contributed by atoms with Gasteiger partial charge in [-0.2, -0.15) is 0 Å². The first-order chi connectivity index (χ1) is 19.4. The molecular formula is C31H40FN3O5. The zero-order valence-electron chi connectivity index (χ0n) is 23.3. The summed E-state index contributed by atoms with van der Waals surface area (Å²) in [7, 11) is 0. The standard InChI is InChI=1S/C31H40FN3O5/c1-2-39-31(38)27-17-22-16-23(12-13-26(22)40-27)34-29(36)28-24(19-6-4-3-5-7-19)14-15-35(28)30(37)21-10-8-20(9-11-21)25(33)18-32/h12-13,16-17,20-21,25,28H,2-11,14-15,18,33H2,1H3,(H,34,36)/t20?,21?,25-,28+/m1/s1. The molecule has 0 unspecified atom stereocenters. The van der Waals surface area contributed by atoms with Gasteiger partial charge in [-0.3, -0.25) is 9.59 Å². The van der Waals surface area contributed by atoms with Crippen LogP contribution in [0.1, 0.15) is 81.7 Å². The normalized spacial score (nSPS) is 24.3. The topological polar surface area (TPSA) is 115 Å². The second-order valence-electron chi connectivity index (χ2n) is 11.4. The Kier molecular flexibility index (Phi) is 8.88. The number of hydrogen-bond donors (Lipinski definition) is 2. The number of fused-ring (bicyclic) bond motifs is 1. The van der Waals surface area contributed by atoms with E-state index in [1.54, 1.807) is 36.1 Å². The Labute approximate surface area is 234 Å². The number of alkyl halides is 1. The Balaban J connectivity index is 1.36. The van der Waals surface area contributed by atoms with E-state index in [1.165, 1.54) is 12.0 Å². The molecule has 0 radical (unpaired) electrons. The molecule has 2 amide bonds. The van der Waals surface area contributed by atoms with Crippen molar-refractivity contribution >= 4 is 34.4 Å². The summed E-state index contributed by atoms with van der Waals surface area (Å²) in [5, 5.41) is 3.72. The highest BCUT2D eigenvalue weighted by Gasteiger charge is 2.42. The van der Waals surface area contributed by atoms with Crippen LogP contribution < -0.4 is 11.1 Å². The molecule has 1 saturated heterocycles. The van der Waals surface area contributed by atoms with Crippen molar-refractivity contribution in [3.63, 3.8) is 0 Å². The van der Waals surface area contributed by atoms with Crippen LogP contribution in [0.3, 0.4) is 0 Å². The number of furan rings is 1. The average molecular weight is 554 g/mol. The SMILES string of the molecule is CCOC(=O)c1cc2cc(NC(=O)[C@@H]3C(=C4CCCCC4)CCN3C(=O)C3CCC([C@H](N)CF)CC3)ccc2o1. The molecule has 3 N–H and O–H groups in total. The van der Waals surface area contributed by atoms with Crippen LogP contribution in [0.4, 0.5) is 10.1 Å². The minimum absolute atomic E-state index is 0.0168. The molecule has 2 atom stereocenters. The van der Waals surface area contributed by atoms with E-state index in [0.29, 0.717) is 42.5 Å². The minimum Gasteiger partial charge on any atom is -0.460 e. The van der Waals surface area contributed by atoms with Crippen LogP contribution in [0, 0.1) is 11.8 Å². The summed E-state index contributed by atoms with van der Waals surface area (Å²) in [4.78, 5) is 41.5. The molecule has 216 valence electrons. The second kappa shape index (κ2) is 12.5. The number of amides is 2. The fraction of sp³-hybridized carbons (Fsp3) is 0.581. The first kappa shape index (κ1) is 28.3. The molecule has 8 nitrogen and oxygen atoms in total. The number of rotatable bonds is 7. The zero-order valence-corrected chi connectivity index (χ0v) is 23.3. The van der Waals surface area contributed by atoms with Crippen LogP contribution in [-0.4, -0.2) is 54.6 Å². The predicted octanol–water partition coefficient (Wildman–Crippen LogP) is 5.51. The Morgan fingerprint density at radius 3 is 2.55 bits per heavy atom. The third kappa shape index (κ3) is 5.94. The number of ether oxygens (including phenoxy) is 1. The molecule has 2 saturated carbocycles. The number of nitrogens with two attached hydrogens (primary N) is 1. The number of allylic oxidation sites excluding steroid dienone is 1. The maximum Gasteiger partial charge on any atom is 0.374 e. The van der Waals surface area contributed by atoms with E-state index in [4.69, 9.17) is 14.9 Å².